The highest BCUT2D eigenvalue weighted by Gasteiger charge is 2.18. The SMILES string of the molecule is CCCCCCCCCCCCCCCCCCCNC(=O)OCn1c(=O)ccc2ccc(OCCCCN3CCN(c4cccc5sccc45)CC3)cc21. The van der Waals surface area contributed by atoms with E-state index < -0.39 is 6.09 Å². The van der Waals surface area contributed by atoms with Gasteiger partial charge in [0.15, 0.2) is 6.73 Å². The van der Waals surface area contributed by atoms with Crippen LogP contribution in [0.25, 0.3) is 21.0 Å². The number of amides is 1. The zero-order chi connectivity index (χ0) is 38.3. The number of fused-ring (bicyclic) bond motifs is 2. The molecule has 0 radical (unpaired) electrons. The van der Waals surface area contributed by atoms with E-state index in [2.05, 4.69) is 51.7 Å². The van der Waals surface area contributed by atoms with Crippen molar-refractivity contribution in [3.8, 4) is 5.75 Å². The van der Waals surface area contributed by atoms with Crippen LogP contribution in [0, 0.1) is 0 Å². The maximum Gasteiger partial charge on any atom is 0.408 e. The smallest absolute Gasteiger partial charge is 0.408 e. The molecule has 55 heavy (non-hydrogen) atoms. The second kappa shape index (κ2) is 24.8. The molecular weight excluding hydrogens is 705 g/mol. The molecule has 1 saturated heterocycles. The topological polar surface area (TPSA) is 76.0 Å². The highest BCUT2D eigenvalue weighted by atomic mass is 32.1. The van der Waals surface area contributed by atoms with Crippen molar-refractivity contribution in [1.29, 1.82) is 0 Å². The van der Waals surface area contributed by atoms with E-state index in [4.69, 9.17) is 9.47 Å². The van der Waals surface area contributed by atoms with Gasteiger partial charge in [0.05, 0.1) is 12.1 Å². The molecule has 302 valence electrons. The van der Waals surface area contributed by atoms with Crippen molar-refractivity contribution in [2.75, 3.05) is 50.8 Å². The fourth-order valence-electron chi connectivity index (χ4n) is 7.80. The van der Waals surface area contributed by atoms with Gasteiger partial charge in [0.25, 0.3) is 5.56 Å². The first-order valence-electron chi connectivity index (χ1n) is 21.7. The molecule has 0 saturated carbocycles. The number of hydrogen-bond acceptors (Lipinski definition) is 7. The Balaban J connectivity index is 0.891. The third-order valence-electron chi connectivity index (χ3n) is 11.2. The second-order valence-corrected chi connectivity index (χ2v) is 16.4. The summed E-state index contributed by atoms with van der Waals surface area (Å²) in [5, 5.41) is 7.30. The molecule has 1 fully saturated rings. The second-order valence-electron chi connectivity index (χ2n) is 15.5. The van der Waals surface area contributed by atoms with Crippen molar-refractivity contribution in [3.05, 3.63) is 70.3 Å². The third kappa shape index (κ3) is 14.8. The van der Waals surface area contributed by atoms with E-state index in [1.54, 1.807) is 6.07 Å². The van der Waals surface area contributed by atoms with Crippen LogP contribution in [0.15, 0.2) is 64.8 Å². The van der Waals surface area contributed by atoms with Gasteiger partial charge >= 0.3 is 6.09 Å². The standard InChI is InChI=1S/C46H68N4O4S/c1-2-3-4-5-6-7-8-9-10-11-12-13-14-15-16-17-18-29-47-46(52)54-38-50-43-37-40(26-24-39(43)25-27-45(50)51)53-35-20-19-30-48-31-33-49(34-32-48)42-22-21-23-44-41(42)28-36-55-44/h21-28,36-37H,2-20,29-35,38H2,1H3,(H,47,52). The van der Waals surface area contributed by atoms with Crippen LogP contribution in [-0.4, -0.2) is 61.4 Å². The summed E-state index contributed by atoms with van der Waals surface area (Å²) < 4.78 is 14.4. The number of nitrogens with zero attached hydrogens (tertiary/aromatic N) is 3. The highest BCUT2D eigenvalue weighted by Crippen LogP contribution is 2.31. The molecule has 1 N–H and O–H groups in total. The lowest BCUT2D eigenvalue weighted by molar-refractivity contribution is 0.114. The summed E-state index contributed by atoms with van der Waals surface area (Å²) in [4.78, 5) is 30.3. The molecule has 0 atom stereocenters. The predicted octanol–water partition coefficient (Wildman–Crippen LogP) is 11.5. The van der Waals surface area contributed by atoms with E-state index in [-0.39, 0.29) is 12.3 Å². The van der Waals surface area contributed by atoms with Gasteiger partial charge < -0.3 is 19.7 Å². The van der Waals surface area contributed by atoms with Gasteiger partial charge in [-0.3, -0.25) is 14.3 Å². The van der Waals surface area contributed by atoms with Gasteiger partial charge in [-0.2, -0.15) is 0 Å². The Morgan fingerprint density at radius 1 is 0.727 bits per heavy atom. The Morgan fingerprint density at radius 3 is 2.07 bits per heavy atom. The van der Waals surface area contributed by atoms with Crippen molar-refractivity contribution in [2.45, 2.75) is 136 Å². The Labute approximate surface area is 334 Å². The number of unbranched alkanes of at least 4 members (excludes halogenated alkanes) is 17. The number of benzene rings is 2. The van der Waals surface area contributed by atoms with Crippen molar-refractivity contribution >= 4 is 44.1 Å². The highest BCUT2D eigenvalue weighted by molar-refractivity contribution is 7.17. The zero-order valence-corrected chi connectivity index (χ0v) is 34.6. The molecule has 4 aromatic rings. The normalized spacial score (nSPS) is 13.5. The quantitative estimate of drug-likeness (QED) is 0.0608. The van der Waals surface area contributed by atoms with Crippen LogP contribution in [0.3, 0.4) is 0 Å². The number of ether oxygens (including phenoxy) is 2. The number of carbonyl (C=O) groups is 1. The lowest BCUT2D eigenvalue weighted by atomic mass is 10.0. The van der Waals surface area contributed by atoms with E-state index in [0.717, 1.165) is 63.8 Å². The average molecular weight is 773 g/mol. The number of thiophene rings is 1. The van der Waals surface area contributed by atoms with Crippen LogP contribution < -0.4 is 20.5 Å². The first-order valence-corrected chi connectivity index (χ1v) is 22.6. The van der Waals surface area contributed by atoms with Crippen LogP contribution in [0.2, 0.25) is 0 Å². The van der Waals surface area contributed by atoms with Crippen molar-refractivity contribution < 1.29 is 14.3 Å². The van der Waals surface area contributed by atoms with Gasteiger partial charge in [-0.15, -0.1) is 11.3 Å². The maximum atomic E-state index is 12.8. The molecule has 8 nitrogen and oxygen atoms in total. The molecule has 0 bridgehead atoms. The van der Waals surface area contributed by atoms with E-state index in [1.165, 1.54) is 123 Å². The lowest BCUT2D eigenvalue weighted by Gasteiger charge is -2.36. The zero-order valence-electron chi connectivity index (χ0n) is 33.7. The van der Waals surface area contributed by atoms with Gasteiger partial charge in [0.1, 0.15) is 5.75 Å². The molecule has 1 amide bonds. The summed E-state index contributed by atoms with van der Waals surface area (Å²) in [6, 6.07) is 18.0. The molecular formula is C46H68N4O4S. The van der Waals surface area contributed by atoms with Gasteiger partial charge in [-0.1, -0.05) is 116 Å². The number of carbonyl (C=O) groups excluding carboxylic acids is 1. The fourth-order valence-corrected chi connectivity index (χ4v) is 8.61. The molecule has 2 aromatic carbocycles. The number of alkyl carbamates (subject to hydrolysis) is 1. The number of aromatic nitrogens is 1. The van der Waals surface area contributed by atoms with Crippen molar-refractivity contribution in [2.24, 2.45) is 0 Å². The van der Waals surface area contributed by atoms with Crippen molar-refractivity contribution in [3.63, 3.8) is 0 Å². The number of pyridine rings is 1. The average Bonchev–Trinajstić information content (AvgIpc) is 3.70. The summed E-state index contributed by atoms with van der Waals surface area (Å²) in [6.45, 7) is 8.65. The van der Waals surface area contributed by atoms with Gasteiger partial charge in [0.2, 0.25) is 0 Å². The van der Waals surface area contributed by atoms with Crippen LogP contribution >= 0.6 is 11.3 Å². The first kappa shape index (κ1) is 42.6. The molecule has 9 heteroatoms. The molecule has 5 rings (SSSR count). The van der Waals surface area contributed by atoms with E-state index >= 15 is 0 Å². The molecule has 0 aliphatic carbocycles. The molecule has 1 aliphatic heterocycles. The fraction of sp³-hybridized carbons (Fsp3) is 0.609. The van der Waals surface area contributed by atoms with E-state index in [0.29, 0.717) is 24.4 Å². The van der Waals surface area contributed by atoms with Crippen molar-refractivity contribution in [1.82, 2.24) is 14.8 Å². The number of nitrogens with one attached hydrogen (secondary N) is 1. The van der Waals surface area contributed by atoms with Crippen LogP contribution in [0.1, 0.15) is 129 Å². The third-order valence-corrected chi connectivity index (χ3v) is 12.0. The summed E-state index contributed by atoms with van der Waals surface area (Å²) in [6.07, 6.45) is 24.1. The maximum absolute atomic E-state index is 12.8. The number of rotatable bonds is 27. The van der Waals surface area contributed by atoms with Crippen LogP contribution in [-0.2, 0) is 11.5 Å². The Bertz CT molecular complexity index is 1730. The number of anilines is 1. The monoisotopic (exact) mass is 772 g/mol. The minimum atomic E-state index is -0.492. The predicted molar refractivity (Wildman–Crippen MR) is 232 cm³/mol. The first-order chi connectivity index (χ1) is 27.1. The molecule has 2 aromatic heterocycles. The van der Waals surface area contributed by atoms with Gasteiger partial charge in [-0.25, -0.2) is 4.79 Å². The van der Waals surface area contributed by atoms with Gasteiger partial charge in [-0.05, 0) is 73.0 Å². The number of hydrogen-bond donors (Lipinski definition) is 1. The van der Waals surface area contributed by atoms with E-state index in [9.17, 15) is 9.59 Å². The largest absolute Gasteiger partial charge is 0.494 e. The van der Waals surface area contributed by atoms with E-state index in [1.807, 2.05) is 29.5 Å². The molecule has 0 unspecified atom stereocenters. The Hall–Kier alpha value is -3.56. The summed E-state index contributed by atoms with van der Waals surface area (Å²) in [5.41, 5.74) is 1.85. The summed E-state index contributed by atoms with van der Waals surface area (Å²) in [5.74, 6) is 0.714. The Kier molecular flexibility index (Phi) is 19.2. The van der Waals surface area contributed by atoms with Crippen LogP contribution in [0.5, 0.6) is 5.75 Å². The number of piperazine rings is 1. The Morgan fingerprint density at radius 2 is 1.38 bits per heavy atom. The minimum absolute atomic E-state index is 0.139. The molecule has 3 heterocycles. The minimum Gasteiger partial charge on any atom is -0.494 e. The van der Waals surface area contributed by atoms with Crippen LogP contribution in [0.4, 0.5) is 10.5 Å². The lowest BCUT2D eigenvalue weighted by Crippen LogP contribution is -2.46. The van der Waals surface area contributed by atoms with Gasteiger partial charge in [0, 0.05) is 60.6 Å². The summed E-state index contributed by atoms with van der Waals surface area (Å²) >= 11 is 1.81. The molecule has 0 spiro atoms. The molecule has 1 aliphatic rings. The summed E-state index contributed by atoms with van der Waals surface area (Å²) in [7, 11) is 0.